The summed E-state index contributed by atoms with van der Waals surface area (Å²) in [6.45, 7) is 0. The lowest BCUT2D eigenvalue weighted by atomic mass is 9.73. The van der Waals surface area contributed by atoms with E-state index < -0.39 is 5.54 Å². The van der Waals surface area contributed by atoms with Gasteiger partial charge in [0.15, 0.2) is 5.78 Å². The first-order chi connectivity index (χ1) is 7.10. The van der Waals surface area contributed by atoms with Gasteiger partial charge in [0.1, 0.15) is 0 Å². The second-order valence-electron chi connectivity index (χ2n) is 4.12. The summed E-state index contributed by atoms with van der Waals surface area (Å²) >= 11 is 3.33. The highest BCUT2D eigenvalue weighted by atomic mass is 79.9. The fraction of sp³-hybridized carbons (Fsp3) is 0.455. The van der Waals surface area contributed by atoms with Crippen LogP contribution in [0, 0.1) is 0 Å². The molecule has 0 aliphatic heterocycles. The molecule has 0 spiro atoms. The minimum Gasteiger partial charge on any atom is -0.319 e. The number of carbonyl (C=O) groups is 1. The van der Waals surface area contributed by atoms with Crippen LogP contribution in [0.1, 0.15) is 24.8 Å². The summed E-state index contributed by atoms with van der Waals surface area (Å²) in [5.74, 6) is 0.133. The third-order valence-corrected chi connectivity index (χ3v) is 3.36. The zero-order valence-electron chi connectivity index (χ0n) is 8.37. The van der Waals surface area contributed by atoms with E-state index in [0.717, 1.165) is 29.3 Å². The quantitative estimate of drug-likeness (QED) is 0.910. The van der Waals surface area contributed by atoms with Gasteiger partial charge in [-0.3, -0.25) is 9.78 Å². The van der Waals surface area contributed by atoms with Crippen molar-refractivity contribution in [3.8, 4) is 0 Å². The first-order valence-electron chi connectivity index (χ1n) is 5.02. The molecule has 2 N–H and O–H groups in total. The number of aromatic nitrogens is 1. The molecule has 1 fully saturated rings. The second kappa shape index (κ2) is 4.02. The predicted molar refractivity (Wildman–Crippen MR) is 61.4 cm³/mol. The van der Waals surface area contributed by atoms with Gasteiger partial charge in [-0.15, -0.1) is 0 Å². The lowest BCUT2D eigenvalue weighted by molar-refractivity contribution is -0.126. The van der Waals surface area contributed by atoms with E-state index in [9.17, 15) is 4.79 Å². The molecule has 2 rings (SSSR count). The smallest absolute Gasteiger partial charge is 0.157 e. The third-order valence-electron chi connectivity index (χ3n) is 2.93. The first-order valence-corrected chi connectivity index (χ1v) is 5.81. The lowest BCUT2D eigenvalue weighted by Crippen LogP contribution is -2.54. The van der Waals surface area contributed by atoms with Gasteiger partial charge in [-0.25, -0.2) is 0 Å². The van der Waals surface area contributed by atoms with E-state index in [1.807, 2.05) is 6.07 Å². The summed E-state index contributed by atoms with van der Waals surface area (Å²) in [4.78, 5) is 15.9. The maximum Gasteiger partial charge on any atom is 0.157 e. The van der Waals surface area contributed by atoms with Crippen molar-refractivity contribution in [3.05, 3.63) is 28.5 Å². The van der Waals surface area contributed by atoms with Gasteiger partial charge in [0, 0.05) is 23.3 Å². The van der Waals surface area contributed by atoms with Gasteiger partial charge in [-0.2, -0.15) is 0 Å². The SMILES string of the molecule is NC1(C(=O)Cc2cncc(Br)c2)CCC1. The normalized spacial score (nSPS) is 18.3. The van der Waals surface area contributed by atoms with Crippen molar-refractivity contribution in [1.82, 2.24) is 4.98 Å². The topological polar surface area (TPSA) is 56.0 Å². The number of nitrogens with zero attached hydrogens (tertiary/aromatic N) is 1. The number of ketones is 1. The van der Waals surface area contributed by atoms with Crippen molar-refractivity contribution in [2.45, 2.75) is 31.2 Å². The van der Waals surface area contributed by atoms with E-state index in [1.54, 1.807) is 12.4 Å². The molecule has 1 saturated carbocycles. The Hall–Kier alpha value is -0.740. The Labute approximate surface area is 97.2 Å². The molecule has 0 unspecified atom stereocenters. The minimum atomic E-state index is -0.553. The van der Waals surface area contributed by atoms with Crippen LogP contribution in [0.3, 0.4) is 0 Å². The fourth-order valence-corrected chi connectivity index (χ4v) is 2.16. The third kappa shape index (κ3) is 2.26. The number of pyridine rings is 1. The first kappa shape index (κ1) is 10.8. The highest BCUT2D eigenvalue weighted by Gasteiger charge is 2.39. The molecule has 1 aliphatic rings. The summed E-state index contributed by atoms with van der Waals surface area (Å²) in [5, 5.41) is 0. The van der Waals surface area contributed by atoms with E-state index in [4.69, 9.17) is 5.73 Å². The summed E-state index contributed by atoms with van der Waals surface area (Å²) in [6.07, 6.45) is 6.53. The van der Waals surface area contributed by atoms with Crippen LogP contribution in [0.5, 0.6) is 0 Å². The number of halogens is 1. The van der Waals surface area contributed by atoms with Gasteiger partial charge in [-0.05, 0) is 46.8 Å². The van der Waals surface area contributed by atoms with Crippen molar-refractivity contribution >= 4 is 21.7 Å². The van der Waals surface area contributed by atoms with Gasteiger partial charge >= 0.3 is 0 Å². The highest BCUT2D eigenvalue weighted by molar-refractivity contribution is 9.10. The predicted octanol–water partition coefficient (Wildman–Crippen LogP) is 1.84. The average Bonchev–Trinajstić information content (AvgIpc) is 2.14. The Morgan fingerprint density at radius 1 is 1.53 bits per heavy atom. The summed E-state index contributed by atoms with van der Waals surface area (Å²) in [6, 6.07) is 1.91. The van der Waals surface area contributed by atoms with Gasteiger partial charge in [0.05, 0.1) is 5.54 Å². The average molecular weight is 269 g/mol. The molecule has 0 atom stereocenters. The summed E-state index contributed by atoms with van der Waals surface area (Å²) < 4.78 is 0.896. The van der Waals surface area contributed by atoms with Crippen molar-refractivity contribution in [2.24, 2.45) is 5.73 Å². The molecular weight excluding hydrogens is 256 g/mol. The van der Waals surface area contributed by atoms with Crippen molar-refractivity contribution in [2.75, 3.05) is 0 Å². The molecule has 0 radical (unpaired) electrons. The van der Waals surface area contributed by atoms with Crippen LogP contribution in [-0.4, -0.2) is 16.3 Å². The van der Waals surface area contributed by atoms with E-state index in [2.05, 4.69) is 20.9 Å². The number of Topliss-reactive ketones (excluding diaryl/α,β-unsaturated/α-hetero) is 1. The van der Waals surface area contributed by atoms with Crippen LogP contribution >= 0.6 is 15.9 Å². The van der Waals surface area contributed by atoms with Crippen LogP contribution in [0.15, 0.2) is 22.9 Å². The molecule has 4 heteroatoms. The maximum atomic E-state index is 11.9. The van der Waals surface area contributed by atoms with E-state index in [0.29, 0.717) is 6.42 Å². The van der Waals surface area contributed by atoms with Gasteiger partial charge < -0.3 is 5.73 Å². The Bertz CT molecular complexity index is 388. The Morgan fingerprint density at radius 3 is 2.80 bits per heavy atom. The van der Waals surface area contributed by atoms with Gasteiger partial charge in [-0.1, -0.05) is 0 Å². The molecule has 80 valence electrons. The molecule has 1 aliphatic carbocycles. The van der Waals surface area contributed by atoms with Gasteiger partial charge in [0.25, 0.3) is 0 Å². The van der Waals surface area contributed by atoms with E-state index in [-0.39, 0.29) is 5.78 Å². The highest BCUT2D eigenvalue weighted by Crippen LogP contribution is 2.30. The Morgan fingerprint density at radius 2 is 2.27 bits per heavy atom. The van der Waals surface area contributed by atoms with Gasteiger partial charge in [0.2, 0.25) is 0 Å². The molecule has 1 heterocycles. The number of hydrogen-bond donors (Lipinski definition) is 1. The van der Waals surface area contributed by atoms with E-state index in [1.165, 1.54) is 0 Å². The number of hydrogen-bond acceptors (Lipinski definition) is 3. The Kier molecular flexibility index (Phi) is 2.89. The fourth-order valence-electron chi connectivity index (χ4n) is 1.75. The number of carbonyl (C=O) groups excluding carboxylic acids is 1. The molecule has 0 saturated heterocycles. The lowest BCUT2D eigenvalue weighted by Gasteiger charge is -2.36. The van der Waals surface area contributed by atoms with E-state index >= 15 is 0 Å². The van der Waals surface area contributed by atoms with Crippen LogP contribution in [0.25, 0.3) is 0 Å². The standard InChI is InChI=1S/C11H13BrN2O/c12-9-4-8(6-14-7-9)5-10(15)11(13)2-1-3-11/h4,6-7H,1-3,5,13H2. The second-order valence-corrected chi connectivity index (χ2v) is 5.04. The van der Waals surface area contributed by atoms with Crippen LogP contribution in [0.2, 0.25) is 0 Å². The van der Waals surface area contributed by atoms with Crippen LogP contribution in [-0.2, 0) is 11.2 Å². The minimum absolute atomic E-state index is 0.133. The molecule has 0 amide bonds. The summed E-state index contributed by atoms with van der Waals surface area (Å²) in [5.41, 5.74) is 6.32. The van der Waals surface area contributed by atoms with Crippen molar-refractivity contribution in [1.29, 1.82) is 0 Å². The monoisotopic (exact) mass is 268 g/mol. The van der Waals surface area contributed by atoms with Crippen LogP contribution in [0.4, 0.5) is 0 Å². The molecule has 3 nitrogen and oxygen atoms in total. The molecule has 0 aromatic carbocycles. The zero-order valence-corrected chi connectivity index (χ0v) is 9.96. The zero-order chi connectivity index (χ0) is 10.9. The van der Waals surface area contributed by atoms with Crippen LogP contribution < -0.4 is 5.73 Å². The summed E-state index contributed by atoms with van der Waals surface area (Å²) in [7, 11) is 0. The number of rotatable bonds is 3. The van der Waals surface area contributed by atoms with Crippen molar-refractivity contribution < 1.29 is 4.79 Å². The van der Waals surface area contributed by atoms with Crippen molar-refractivity contribution in [3.63, 3.8) is 0 Å². The molecular formula is C11H13BrN2O. The Balaban J connectivity index is 2.06. The molecule has 1 aromatic rings. The number of nitrogens with two attached hydrogens (primary N) is 1. The molecule has 1 aromatic heterocycles. The largest absolute Gasteiger partial charge is 0.319 e. The molecule has 15 heavy (non-hydrogen) atoms. The molecule has 0 bridgehead atoms. The maximum absolute atomic E-state index is 11.9.